The average Bonchev–Trinajstić information content (AvgIpc) is 1.81. The largest absolute Gasteiger partial charge is 0.333 e. The summed E-state index contributed by atoms with van der Waals surface area (Å²) in [5, 5.41) is 3.95. The molecule has 1 aliphatic rings. The fraction of sp³-hybridized carbons (Fsp3) is 0.500. The highest BCUT2D eigenvalue weighted by molar-refractivity contribution is 14.1. The van der Waals surface area contributed by atoms with Crippen molar-refractivity contribution in [2.75, 3.05) is 6.54 Å². The van der Waals surface area contributed by atoms with Crippen LogP contribution in [-0.2, 0) is 4.79 Å². The lowest BCUT2D eigenvalue weighted by Gasteiger charge is -2.22. The van der Waals surface area contributed by atoms with Crippen LogP contribution in [0.25, 0.3) is 0 Å². The van der Waals surface area contributed by atoms with E-state index in [0.717, 1.165) is 0 Å². The maximum atomic E-state index is 12.8. The number of hydrogen-bond donors (Lipinski definition) is 2. The van der Waals surface area contributed by atoms with Gasteiger partial charge in [-0.15, -0.1) is 0 Å². The van der Waals surface area contributed by atoms with E-state index in [-0.39, 0.29) is 6.54 Å². The Morgan fingerprint density at radius 1 is 1.60 bits per heavy atom. The number of alkyl halides is 2. The predicted molar refractivity (Wildman–Crippen MR) is 39.4 cm³/mol. The Labute approximate surface area is 69.7 Å². The summed E-state index contributed by atoms with van der Waals surface area (Å²) in [6.45, 7) is -0.266. The Hall–Kier alpha value is -0.400. The van der Waals surface area contributed by atoms with Crippen molar-refractivity contribution in [1.29, 1.82) is 0 Å². The van der Waals surface area contributed by atoms with Crippen LogP contribution in [0.2, 0.25) is 0 Å². The lowest BCUT2D eigenvalue weighted by Crippen LogP contribution is -2.57. The Bertz CT molecular complexity index is 194. The summed E-state index contributed by atoms with van der Waals surface area (Å²) >= 11 is 1.33. The number of rotatable bonds is 0. The molecule has 3 amide bonds. The molecule has 1 rings (SSSR count). The molecule has 56 valence electrons. The van der Waals surface area contributed by atoms with Gasteiger partial charge in [0.2, 0.25) is 0 Å². The summed E-state index contributed by atoms with van der Waals surface area (Å²) in [5.74, 6) is -0.892. The molecule has 0 aromatic rings. The topological polar surface area (TPSA) is 58.2 Å². The van der Waals surface area contributed by atoms with Crippen molar-refractivity contribution in [2.45, 2.75) is 3.68 Å². The van der Waals surface area contributed by atoms with Crippen molar-refractivity contribution in [3.63, 3.8) is 0 Å². The van der Waals surface area contributed by atoms with Gasteiger partial charge < -0.3 is 5.32 Å². The van der Waals surface area contributed by atoms with E-state index in [0.29, 0.717) is 0 Å². The molecule has 0 spiro atoms. The maximum absolute atomic E-state index is 12.8. The lowest BCUT2D eigenvalue weighted by atomic mass is 10.3. The molecule has 4 nitrogen and oxygen atoms in total. The smallest absolute Gasteiger partial charge is 0.321 e. The lowest BCUT2D eigenvalue weighted by molar-refractivity contribution is -0.126. The summed E-state index contributed by atoms with van der Waals surface area (Å²) < 4.78 is 10.8. The van der Waals surface area contributed by atoms with E-state index >= 15 is 0 Å². The molecule has 0 radical (unpaired) electrons. The second-order valence-corrected chi connectivity index (χ2v) is 3.55. The summed E-state index contributed by atoms with van der Waals surface area (Å²) in [5.41, 5.74) is 0. The Balaban J connectivity index is 2.70. The molecule has 2 N–H and O–H groups in total. The van der Waals surface area contributed by atoms with Crippen molar-refractivity contribution >= 4 is 34.5 Å². The quantitative estimate of drug-likeness (QED) is 0.472. The Morgan fingerprint density at radius 3 is 2.60 bits per heavy atom. The van der Waals surface area contributed by atoms with Gasteiger partial charge in [-0.25, -0.2) is 9.18 Å². The molecular weight excluding hydrogens is 254 g/mol. The minimum absolute atomic E-state index is 0.266. The minimum Gasteiger partial charge on any atom is -0.333 e. The third-order valence-corrected chi connectivity index (χ3v) is 1.90. The first kappa shape index (κ1) is 7.70. The van der Waals surface area contributed by atoms with E-state index < -0.39 is 15.6 Å². The molecule has 1 saturated heterocycles. The first-order valence-corrected chi connectivity index (χ1v) is 3.57. The van der Waals surface area contributed by atoms with Crippen LogP contribution in [0, 0.1) is 0 Å². The molecular formula is C4H4FIN2O2. The third kappa shape index (κ3) is 1.36. The van der Waals surface area contributed by atoms with Crippen LogP contribution in [0.4, 0.5) is 9.18 Å². The molecule has 1 aliphatic heterocycles. The molecule has 10 heavy (non-hydrogen) atoms. The molecule has 1 fully saturated rings. The number of halogens is 2. The number of imide groups is 1. The van der Waals surface area contributed by atoms with Gasteiger partial charge in [0, 0.05) is 0 Å². The van der Waals surface area contributed by atoms with Crippen LogP contribution in [0.15, 0.2) is 0 Å². The Morgan fingerprint density at radius 2 is 2.20 bits per heavy atom. The average molecular weight is 258 g/mol. The summed E-state index contributed by atoms with van der Waals surface area (Å²) in [4.78, 5) is 20.9. The Kier molecular flexibility index (Phi) is 1.80. The zero-order valence-corrected chi connectivity index (χ0v) is 6.94. The highest BCUT2D eigenvalue weighted by Gasteiger charge is 2.40. The molecule has 0 aromatic heterocycles. The number of nitrogens with one attached hydrogen (secondary N) is 2. The van der Waals surface area contributed by atoms with Gasteiger partial charge in [0.25, 0.3) is 9.58 Å². The number of urea groups is 1. The van der Waals surface area contributed by atoms with Gasteiger partial charge in [-0.05, 0) is 22.6 Å². The van der Waals surface area contributed by atoms with Crippen LogP contribution in [0.1, 0.15) is 0 Å². The fourth-order valence-electron chi connectivity index (χ4n) is 0.510. The van der Waals surface area contributed by atoms with Gasteiger partial charge in [-0.3, -0.25) is 10.1 Å². The second kappa shape index (κ2) is 2.33. The normalized spacial score (nSPS) is 33.0. The first-order chi connectivity index (χ1) is 4.52. The van der Waals surface area contributed by atoms with Crippen LogP contribution < -0.4 is 10.6 Å². The standard InChI is InChI=1S/C4H4FIN2O2/c5-4(6)1-7-3(10)8-2(4)9/h1H2,(H2,7,8,9,10). The number of carbonyl (C=O) groups is 2. The number of amides is 3. The van der Waals surface area contributed by atoms with Crippen molar-refractivity contribution < 1.29 is 14.0 Å². The molecule has 1 heterocycles. The highest BCUT2D eigenvalue weighted by atomic mass is 127. The van der Waals surface area contributed by atoms with Crippen molar-refractivity contribution in [1.82, 2.24) is 10.6 Å². The molecule has 1 unspecified atom stereocenters. The zero-order valence-electron chi connectivity index (χ0n) is 4.78. The SMILES string of the molecule is O=C1NCC(F)(I)C(=O)N1. The molecule has 0 saturated carbocycles. The van der Waals surface area contributed by atoms with E-state index in [1.807, 2.05) is 0 Å². The minimum atomic E-state index is -1.99. The monoisotopic (exact) mass is 258 g/mol. The van der Waals surface area contributed by atoms with Crippen molar-refractivity contribution in [3.8, 4) is 0 Å². The van der Waals surface area contributed by atoms with E-state index in [1.165, 1.54) is 22.6 Å². The van der Waals surface area contributed by atoms with Crippen molar-refractivity contribution in [2.24, 2.45) is 0 Å². The van der Waals surface area contributed by atoms with E-state index in [4.69, 9.17) is 0 Å². The molecule has 1 atom stereocenters. The maximum Gasteiger partial charge on any atom is 0.321 e. The first-order valence-electron chi connectivity index (χ1n) is 2.49. The van der Waals surface area contributed by atoms with Gasteiger partial charge in [-0.2, -0.15) is 0 Å². The number of carbonyl (C=O) groups excluding carboxylic acids is 2. The van der Waals surface area contributed by atoms with Crippen LogP contribution in [0.5, 0.6) is 0 Å². The van der Waals surface area contributed by atoms with Crippen LogP contribution in [-0.4, -0.2) is 22.2 Å². The van der Waals surface area contributed by atoms with Crippen LogP contribution >= 0.6 is 22.6 Å². The fourth-order valence-corrected chi connectivity index (χ4v) is 0.836. The summed E-state index contributed by atoms with van der Waals surface area (Å²) in [6, 6.07) is -0.644. The van der Waals surface area contributed by atoms with Crippen molar-refractivity contribution in [3.05, 3.63) is 0 Å². The van der Waals surface area contributed by atoms with E-state index in [2.05, 4.69) is 5.32 Å². The third-order valence-electron chi connectivity index (χ3n) is 1.03. The summed E-state index contributed by atoms with van der Waals surface area (Å²) in [6.07, 6.45) is 0. The van der Waals surface area contributed by atoms with Gasteiger partial charge in [0.1, 0.15) is 0 Å². The van der Waals surface area contributed by atoms with Gasteiger partial charge in [0.05, 0.1) is 6.54 Å². The molecule has 6 heteroatoms. The molecule has 0 aromatic carbocycles. The molecule has 0 aliphatic carbocycles. The van der Waals surface area contributed by atoms with Crippen LogP contribution in [0.3, 0.4) is 0 Å². The zero-order chi connectivity index (χ0) is 7.78. The van der Waals surface area contributed by atoms with Gasteiger partial charge >= 0.3 is 6.03 Å². The highest BCUT2D eigenvalue weighted by Crippen LogP contribution is 2.21. The predicted octanol–water partition coefficient (Wildman–Crippen LogP) is -0.0734. The van der Waals surface area contributed by atoms with Gasteiger partial charge in [0.15, 0.2) is 0 Å². The number of hydrogen-bond acceptors (Lipinski definition) is 2. The summed E-state index contributed by atoms with van der Waals surface area (Å²) in [7, 11) is 0. The molecule has 0 bridgehead atoms. The van der Waals surface area contributed by atoms with E-state index in [9.17, 15) is 14.0 Å². The van der Waals surface area contributed by atoms with Gasteiger partial charge in [-0.1, -0.05) is 0 Å². The second-order valence-electron chi connectivity index (χ2n) is 1.84. The van der Waals surface area contributed by atoms with E-state index in [1.54, 1.807) is 5.32 Å².